The Morgan fingerprint density at radius 1 is 1.00 bits per heavy atom. The second-order valence-electron chi connectivity index (χ2n) is 6.65. The zero-order valence-corrected chi connectivity index (χ0v) is 14.7. The summed E-state index contributed by atoms with van der Waals surface area (Å²) in [6, 6.07) is 16.6. The minimum Gasteiger partial charge on any atom is -0.335 e. The Morgan fingerprint density at radius 3 is 2.41 bits per heavy atom. The van der Waals surface area contributed by atoms with Crippen molar-refractivity contribution in [2.24, 2.45) is 0 Å². The van der Waals surface area contributed by atoms with Crippen molar-refractivity contribution in [2.45, 2.75) is 6.04 Å². The maximum atomic E-state index is 12.9. The number of piperazine rings is 1. The molecule has 2 fully saturated rings. The van der Waals surface area contributed by atoms with Crippen molar-refractivity contribution in [1.29, 1.82) is 0 Å². The summed E-state index contributed by atoms with van der Waals surface area (Å²) >= 11 is 0. The lowest BCUT2D eigenvalue weighted by atomic mass is 10.0. The summed E-state index contributed by atoms with van der Waals surface area (Å²) in [5.41, 5.74) is 2.32. The summed E-state index contributed by atoms with van der Waals surface area (Å²) in [4.78, 5) is 39.1. The normalized spacial score (nSPS) is 19.9. The zero-order valence-electron chi connectivity index (χ0n) is 14.7. The number of rotatable bonds is 3. The quantitative estimate of drug-likeness (QED) is 0.810. The fraction of sp³-hybridized carbons (Fsp3) is 0.250. The molecular formula is C20H20N4O3. The van der Waals surface area contributed by atoms with Crippen LogP contribution in [0, 0.1) is 0 Å². The van der Waals surface area contributed by atoms with Crippen LogP contribution < -0.4 is 15.5 Å². The molecule has 0 radical (unpaired) electrons. The Bertz CT molecular complexity index is 867. The number of imide groups is 1. The van der Waals surface area contributed by atoms with Crippen molar-refractivity contribution in [1.82, 2.24) is 15.5 Å². The van der Waals surface area contributed by atoms with Crippen molar-refractivity contribution in [3.05, 3.63) is 65.7 Å². The van der Waals surface area contributed by atoms with E-state index in [1.807, 2.05) is 23.1 Å². The molecule has 2 aromatic carbocycles. The van der Waals surface area contributed by atoms with E-state index in [1.165, 1.54) is 4.90 Å². The molecule has 0 aromatic heterocycles. The summed E-state index contributed by atoms with van der Waals surface area (Å²) < 4.78 is 0. The monoisotopic (exact) mass is 364 g/mol. The highest BCUT2D eigenvalue weighted by Gasteiger charge is 2.29. The summed E-state index contributed by atoms with van der Waals surface area (Å²) in [7, 11) is 0. The van der Waals surface area contributed by atoms with Gasteiger partial charge in [0.2, 0.25) is 5.91 Å². The molecular weight excluding hydrogens is 344 g/mol. The fourth-order valence-corrected chi connectivity index (χ4v) is 3.46. The average molecular weight is 364 g/mol. The lowest BCUT2D eigenvalue weighted by Crippen LogP contribution is -2.48. The molecule has 2 saturated heterocycles. The number of benzene rings is 2. The van der Waals surface area contributed by atoms with Gasteiger partial charge in [0.1, 0.15) is 6.54 Å². The van der Waals surface area contributed by atoms with Crippen LogP contribution in [0.1, 0.15) is 22.0 Å². The number of amides is 4. The van der Waals surface area contributed by atoms with Crippen LogP contribution in [-0.4, -0.2) is 48.9 Å². The van der Waals surface area contributed by atoms with Crippen molar-refractivity contribution >= 4 is 23.5 Å². The zero-order chi connectivity index (χ0) is 18.8. The Kier molecular flexibility index (Phi) is 4.60. The standard InChI is InChI=1S/C20H20N4O3/c25-18-13-24(20(27)22-18)16-8-6-15(7-9-16)19(26)23-11-10-21-17(12-23)14-4-2-1-3-5-14/h1-9,17,21H,10-13H2,(H,22,25,27). The van der Waals surface area contributed by atoms with Gasteiger partial charge in [-0.05, 0) is 29.8 Å². The van der Waals surface area contributed by atoms with Crippen molar-refractivity contribution in [2.75, 3.05) is 31.1 Å². The van der Waals surface area contributed by atoms with Gasteiger partial charge in [-0.15, -0.1) is 0 Å². The van der Waals surface area contributed by atoms with Gasteiger partial charge in [-0.3, -0.25) is 19.8 Å². The van der Waals surface area contributed by atoms with Gasteiger partial charge in [0, 0.05) is 36.9 Å². The van der Waals surface area contributed by atoms with E-state index in [0.29, 0.717) is 24.3 Å². The molecule has 2 heterocycles. The van der Waals surface area contributed by atoms with Crippen molar-refractivity contribution in [3.63, 3.8) is 0 Å². The van der Waals surface area contributed by atoms with Crippen LogP contribution in [0.3, 0.4) is 0 Å². The molecule has 2 aromatic rings. The molecule has 1 atom stereocenters. The number of carbonyl (C=O) groups excluding carboxylic acids is 3. The van der Waals surface area contributed by atoms with Gasteiger partial charge >= 0.3 is 6.03 Å². The van der Waals surface area contributed by atoms with E-state index in [2.05, 4.69) is 22.8 Å². The molecule has 7 heteroatoms. The Hall–Kier alpha value is -3.19. The van der Waals surface area contributed by atoms with E-state index in [4.69, 9.17) is 0 Å². The van der Waals surface area contributed by atoms with E-state index in [0.717, 1.165) is 12.1 Å². The van der Waals surface area contributed by atoms with Gasteiger partial charge in [0.25, 0.3) is 5.91 Å². The number of hydrogen-bond acceptors (Lipinski definition) is 4. The van der Waals surface area contributed by atoms with E-state index in [1.54, 1.807) is 24.3 Å². The Labute approximate surface area is 157 Å². The highest BCUT2D eigenvalue weighted by Crippen LogP contribution is 2.21. The number of anilines is 1. The molecule has 0 saturated carbocycles. The smallest absolute Gasteiger partial charge is 0.329 e. The minimum absolute atomic E-state index is 0.00266. The van der Waals surface area contributed by atoms with Crippen LogP contribution in [0.5, 0.6) is 0 Å². The topological polar surface area (TPSA) is 81.8 Å². The molecule has 2 aliphatic rings. The van der Waals surface area contributed by atoms with Crippen LogP contribution in [0.15, 0.2) is 54.6 Å². The number of hydrogen-bond donors (Lipinski definition) is 2. The predicted octanol–water partition coefficient (Wildman–Crippen LogP) is 1.53. The molecule has 27 heavy (non-hydrogen) atoms. The number of carbonyl (C=O) groups is 3. The van der Waals surface area contributed by atoms with Gasteiger partial charge in [0.15, 0.2) is 0 Å². The number of nitrogens with one attached hydrogen (secondary N) is 2. The highest BCUT2D eigenvalue weighted by atomic mass is 16.2. The summed E-state index contributed by atoms with van der Waals surface area (Å²) in [6.45, 7) is 1.99. The number of urea groups is 1. The van der Waals surface area contributed by atoms with Gasteiger partial charge < -0.3 is 10.2 Å². The molecule has 0 aliphatic carbocycles. The van der Waals surface area contributed by atoms with Crippen LogP contribution in [-0.2, 0) is 4.79 Å². The summed E-state index contributed by atoms with van der Waals surface area (Å²) in [5, 5.41) is 5.69. The van der Waals surface area contributed by atoms with E-state index in [-0.39, 0.29) is 24.4 Å². The largest absolute Gasteiger partial charge is 0.335 e. The lowest BCUT2D eigenvalue weighted by molar-refractivity contribution is -0.117. The SMILES string of the molecule is O=C1CN(c2ccc(C(=O)N3CCNC(c4ccccc4)C3)cc2)C(=O)N1. The average Bonchev–Trinajstić information content (AvgIpc) is 3.06. The van der Waals surface area contributed by atoms with E-state index >= 15 is 0 Å². The van der Waals surface area contributed by atoms with Gasteiger partial charge in [-0.1, -0.05) is 30.3 Å². The molecule has 0 bridgehead atoms. The minimum atomic E-state index is -0.438. The first-order valence-electron chi connectivity index (χ1n) is 8.91. The molecule has 7 nitrogen and oxygen atoms in total. The molecule has 1 unspecified atom stereocenters. The van der Waals surface area contributed by atoms with Gasteiger partial charge in [-0.25, -0.2) is 4.79 Å². The molecule has 4 amide bonds. The van der Waals surface area contributed by atoms with Gasteiger partial charge in [-0.2, -0.15) is 0 Å². The maximum Gasteiger partial charge on any atom is 0.329 e. The fourth-order valence-electron chi connectivity index (χ4n) is 3.46. The second kappa shape index (κ2) is 7.20. The van der Waals surface area contributed by atoms with Crippen LogP contribution in [0.2, 0.25) is 0 Å². The van der Waals surface area contributed by atoms with Crippen molar-refractivity contribution in [3.8, 4) is 0 Å². The summed E-state index contributed by atoms with van der Waals surface area (Å²) in [6.07, 6.45) is 0. The molecule has 2 aliphatic heterocycles. The molecule has 4 rings (SSSR count). The Morgan fingerprint density at radius 2 is 1.74 bits per heavy atom. The predicted molar refractivity (Wildman–Crippen MR) is 100 cm³/mol. The number of nitrogens with zero attached hydrogens (tertiary/aromatic N) is 2. The third kappa shape index (κ3) is 3.54. The van der Waals surface area contributed by atoms with Crippen LogP contribution >= 0.6 is 0 Å². The molecule has 138 valence electrons. The third-order valence-corrected chi connectivity index (χ3v) is 4.88. The maximum absolute atomic E-state index is 12.9. The van der Waals surface area contributed by atoms with Gasteiger partial charge in [0.05, 0.1) is 0 Å². The Balaban J connectivity index is 1.46. The van der Waals surface area contributed by atoms with Crippen LogP contribution in [0.4, 0.5) is 10.5 Å². The summed E-state index contributed by atoms with van der Waals surface area (Å²) in [5.74, 6) is -0.362. The first-order chi connectivity index (χ1) is 13.1. The van der Waals surface area contributed by atoms with Crippen molar-refractivity contribution < 1.29 is 14.4 Å². The highest BCUT2D eigenvalue weighted by molar-refractivity contribution is 6.12. The second-order valence-corrected chi connectivity index (χ2v) is 6.65. The van der Waals surface area contributed by atoms with E-state index < -0.39 is 6.03 Å². The molecule has 2 N–H and O–H groups in total. The molecule has 0 spiro atoms. The lowest BCUT2D eigenvalue weighted by Gasteiger charge is -2.34. The van der Waals surface area contributed by atoms with E-state index in [9.17, 15) is 14.4 Å². The third-order valence-electron chi connectivity index (χ3n) is 4.88. The van der Waals surface area contributed by atoms with Crippen LogP contribution in [0.25, 0.3) is 0 Å². The first kappa shape index (κ1) is 17.2. The first-order valence-corrected chi connectivity index (χ1v) is 8.91.